The molecule has 2 aromatic rings. The summed E-state index contributed by atoms with van der Waals surface area (Å²) in [5, 5.41) is 0. The fourth-order valence-electron chi connectivity index (χ4n) is 2.75. The topological polar surface area (TPSA) is 34.0 Å². The summed E-state index contributed by atoms with van der Waals surface area (Å²) in [4.78, 5) is 11.4. The maximum absolute atomic E-state index is 4.48. The molecule has 0 aromatic carbocycles. The van der Waals surface area contributed by atoms with E-state index in [1.807, 2.05) is 24.7 Å². The Labute approximate surface area is 114 Å². The Bertz CT molecular complexity index is 512. The van der Waals surface area contributed by atoms with Gasteiger partial charge in [0.15, 0.2) is 0 Å². The molecule has 2 aromatic heterocycles. The van der Waals surface area contributed by atoms with Crippen molar-refractivity contribution in [3.8, 4) is 0 Å². The van der Waals surface area contributed by atoms with E-state index in [1.165, 1.54) is 18.5 Å². The number of rotatable bonds is 3. The maximum Gasteiger partial charge on any atom is 0.122 e. The molecule has 3 rings (SSSR count). The highest BCUT2D eigenvalue weighted by Gasteiger charge is 2.21. The second-order valence-corrected chi connectivity index (χ2v) is 5.26. The lowest BCUT2D eigenvalue weighted by atomic mass is 9.93. The number of likely N-dealkylation sites (tertiary alicyclic amines) is 1. The third-order valence-corrected chi connectivity index (χ3v) is 3.98. The predicted molar refractivity (Wildman–Crippen MR) is 74.7 cm³/mol. The number of aromatic nitrogens is 3. The van der Waals surface area contributed by atoms with Gasteiger partial charge in [0.25, 0.3) is 0 Å². The molecule has 1 fully saturated rings. The van der Waals surface area contributed by atoms with Crippen LogP contribution in [0, 0.1) is 0 Å². The minimum absolute atomic E-state index is 0.624. The zero-order valence-electron chi connectivity index (χ0n) is 11.4. The second-order valence-electron chi connectivity index (χ2n) is 5.26. The van der Waals surface area contributed by atoms with E-state index in [0.29, 0.717) is 5.92 Å². The molecule has 1 saturated heterocycles. The summed E-state index contributed by atoms with van der Waals surface area (Å²) < 4.78 is 2.10. The van der Waals surface area contributed by atoms with Gasteiger partial charge in [-0.1, -0.05) is 6.07 Å². The van der Waals surface area contributed by atoms with Gasteiger partial charge >= 0.3 is 0 Å². The van der Waals surface area contributed by atoms with E-state index in [1.54, 1.807) is 0 Å². The van der Waals surface area contributed by atoms with Crippen molar-refractivity contribution < 1.29 is 0 Å². The molecule has 100 valence electrons. The number of aryl methyl sites for hydroxylation is 1. The molecule has 0 unspecified atom stereocenters. The summed E-state index contributed by atoms with van der Waals surface area (Å²) in [5.74, 6) is 1.77. The van der Waals surface area contributed by atoms with Gasteiger partial charge in [-0.2, -0.15) is 0 Å². The highest BCUT2D eigenvalue weighted by Crippen LogP contribution is 2.26. The van der Waals surface area contributed by atoms with Crippen molar-refractivity contribution in [2.24, 2.45) is 7.05 Å². The van der Waals surface area contributed by atoms with Crippen LogP contribution >= 0.6 is 0 Å². The molecule has 1 aliphatic rings. The van der Waals surface area contributed by atoms with Crippen LogP contribution in [0.2, 0.25) is 0 Å². The molecule has 0 radical (unpaired) electrons. The van der Waals surface area contributed by atoms with Gasteiger partial charge in [-0.3, -0.25) is 9.88 Å². The van der Waals surface area contributed by atoms with Gasteiger partial charge in [0, 0.05) is 37.3 Å². The van der Waals surface area contributed by atoms with Crippen molar-refractivity contribution in [1.29, 1.82) is 0 Å². The molecule has 0 amide bonds. The second kappa shape index (κ2) is 5.53. The number of pyridine rings is 1. The van der Waals surface area contributed by atoms with Gasteiger partial charge in [-0.05, 0) is 38.1 Å². The fourth-order valence-corrected chi connectivity index (χ4v) is 2.75. The maximum atomic E-state index is 4.48. The van der Waals surface area contributed by atoms with E-state index < -0.39 is 0 Å². The van der Waals surface area contributed by atoms with Crippen LogP contribution in [-0.4, -0.2) is 32.5 Å². The van der Waals surface area contributed by atoms with Crippen molar-refractivity contribution in [2.75, 3.05) is 13.1 Å². The molecule has 0 aliphatic carbocycles. The monoisotopic (exact) mass is 256 g/mol. The van der Waals surface area contributed by atoms with Gasteiger partial charge in [0.1, 0.15) is 5.82 Å². The third kappa shape index (κ3) is 2.84. The Kier molecular flexibility index (Phi) is 3.60. The molecule has 0 bridgehead atoms. The van der Waals surface area contributed by atoms with Crippen LogP contribution in [-0.2, 0) is 13.6 Å². The summed E-state index contributed by atoms with van der Waals surface area (Å²) in [6.07, 6.45) is 8.17. The van der Waals surface area contributed by atoms with Crippen molar-refractivity contribution in [3.05, 3.63) is 48.3 Å². The van der Waals surface area contributed by atoms with Crippen molar-refractivity contribution in [3.63, 3.8) is 0 Å². The molecule has 4 nitrogen and oxygen atoms in total. The molecule has 0 N–H and O–H groups in total. The Balaban J connectivity index is 1.57. The average molecular weight is 256 g/mol. The van der Waals surface area contributed by atoms with Crippen LogP contribution in [0.5, 0.6) is 0 Å². The number of hydrogen-bond donors (Lipinski definition) is 0. The summed E-state index contributed by atoms with van der Waals surface area (Å²) >= 11 is 0. The van der Waals surface area contributed by atoms with Crippen LogP contribution < -0.4 is 0 Å². The number of nitrogens with zero attached hydrogens (tertiary/aromatic N) is 4. The first-order valence-electron chi connectivity index (χ1n) is 6.92. The van der Waals surface area contributed by atoms with Gasteiger partial charge in [-0.15, -0.1) is 0 Å². The Morgan fingerprint density at radius 3 is 2.63 bits per heavy atom. The minimum atomic E-state index is 0.624. The Hall–Kier alpha value is -1.68. The normalized spacial score (nSPS) is 17.7. The molecular formula is C15H20N4. The Morgan fingerprint density at radius 1 is 1.16 bits per heavy atom. The van der Waals surface area contributed by atoms with Gasteiger partial charge in [-0.25, -0.2) is 4.98 Å². The molecule has 0 atom stereocenters. The van der Waals surface area contributed by atoms with Crippen molar-refractivity contribution in [1.82, 2.24) is 19.4 Å². The number of imidazole rings is 1. The van der Waals surface area contributed by atoms with Gasteiger partial charge in [0.05, 0.1) is 6.54 Å². The number of hydrogen-bond acceptors (Lipinski definition) is 3. The summed E-state index contributed by atoms with van der Waals surface area (Å²) in [6, 6.07) is 6.22. The SMILES string of the molecule is Cn1ccnc1CN1CCC(c2ccccn2)CC1. The van der Waals surface area contributed by atoms with Crippen molar-refractivity contribution in [2.45, 2.75) is 25.3 Å². The van der Waals surface area contributed by atoms with Crippen LogP contribution in [0.15, 0.2) is 36.8 Å². The highest BCUT2D eigenvalue weighted by molar-refractivity contribution is 5.10. The van der Waals surface area contributed by atoms with Crippen molar-refractivity contribution >= 4 is 0 Å². The molecule has 4 heteroatoms. The molecule has 0 spiro atoms. The molecule has 1 aliphatic heterocycles. The first-order chi connectivity index (χ1) is 9.33. The van der Waals surface area contributed by atoms with Crippen LogP contribution in [0.3, 0.4) is 0 Å². The first kappa shape index (κ1) is 12.4. The third-order valence-electron chi connectivity index (χ3n) is 3.98. The van der Waals surface area contributed by atoms with E-state index in [-0.39, 0.29) is 0 Å². The lowest BCUT2D eigenvalue weighted by molar-refractivity contribution is 0.197. The Morgan fingerprint density at radius 2 is 2.00 bits per heavy atom. The molecular weight excluding hydrogens is 236 g/mol. The fraction of sp³-hybridized carbons (Fsp3) is 0.467. The zero-order valence-corrected chi connectivity index (χ0v) is 11.4. The van der Waals surface area contributed by atoms with Crippen LogP contribution in [0.1, 0.15) is 30.3 Å². The van der Waals surface area contributed by atoms with E-state index in [9.17, 15) is 0 Å². The van der Waals surface area contributed by atoms with E-state index >= 15 is 0 Å². The summed E-state index contributed by atoms with van der Waals surface area (Å²) in [6.45, 7) is 3.22. The number of piperidine rings is 1. The van der Waals surface area contributed by atoms with Crippen LogP contribution in [0.4, 0.5) is 0 Å². The lowest BCUT2D eigenvalue weighted by Crippen LogP contribution is -2.33. The molecule has 19 heavy (non-hydrogen) atoms. The van der Waals surface area contributed by atoms with Gasteiger partial charge < -0.3 is 4.57 Å². The largest absolute Gasteiger partial charge is 0.337 e. The van der Waals surface area contributed by atoms with E-state index in [0.717, 1.165) is 25.5 Å². The summed E-state index contributed by atoms with van der Waals surface area (Å²) in [7, 11) is 2.06. The molecule has 3 heterocycles. The minimum Gasteiger partial charge on any atom is -0.337 e. The highest BCUT2D eigenvalue weighted by atomic mass is 15.2. The van der Waals surface area contributed by atoms with Crippen LogP contribution in [0.25, 0.3) is 0 Å². The van der Waals surface area contributed by atoms with Gasteiger partial charge in [0.2, 0.25) is 0 Å². The standard InChI is InChI=1S/C15H20N4/c1-18-11-8-17-15(18)12-19-9-5-13(6-10-19)14-4-2-3-7-16-14/h2-4,7-8,11,13H,5-6,9-10,12H2,1H3. The lowest BCUT2D eigenvalue weighted by Gasteiger charge is -2.31. The molecule has 0 saturated carbocycles. The van der Waals surface area contributed by atoms with E-state index in [4.69, 9.17) is 0 Å². The first-order valence-corrected chi connectivity index (χ1v) is 6.92. The zero-order chi connectivity index (χ0) is 13.1. The average Bonchev–Trinajstić information content (AvgIpc) is 2.86. The quantitative estimate of drug-likeness (QED) is 0.844. The summed E-state index contributed by atoms with van der Waals surface area (Å²) in [5.41, 5.74) is 1.25. The smallest absolute Gasteiger partial charge is 0.122 e. The predicted octanol–water partition coefficient (Wildman–Crippen LogP) is 2.19. The van der Waals surface area contributed by atoms with E-state index in [2.05, 4.69) is 38.6 Å².